The quantitative estimate of drug-likeness (QED) is 0.395. The van der Waals surface area contributed by atoms with Crippen molar-refractivity contribution in [2.24, 2.45) is 0 Å². The zero-order valence-electron chi connectivity index (χ0n) is 17.6. The van der Waals surface area contributed by atoms with Crippen LogP contribution in [-0.2, 0) is 13.0 Å². The van der Waals surface area contributed by atoms with Crippen LogP contribution in [0.2, 0.25) is 0 Å². The van der Waals surface area contributed by atoms with Crippen molar-refractivity contribution in [2.45, 2.75) is 19.9 Å². The number of carbonyl (C=O) groups is 1. The predicted molar refractivity (Wildman–Crippen MR) is 129 cm³/mol. The summed E-state index contributed by atoms with van der Waals surface area (Å²) in [4.78, 5) is 28.8. The highest BCUT2D eigenvalue weighted by molar-refractivity contribution is 7.71. The van der Waals surface area contributed by atoms with E-state index < -0.39 is 0 Å². The van der Waals surface area contributed by atoms with E-state index in [4.69, 9.17) is 17.0 Å². The van der Waals surface area contributed by atoms with Crippen molar-refractivity contribution in [1.29, 1.82) is 0 Å². The number of nitrogens with zero attached hydrogens (tertiary/aromatic N) is 1. The molecule has 0 radical (unpaired) electrons. The molecule has 162 valence electrons. The number of nitrogens with one attached hydrogen (secondary N) is 2. The van der Waals surface area contributed by atoms with Crippen molar-refractivity contribution in [1.82, 2.24) is 9.55 Å². The lowest BCUT2D eigenvalue weighted by molar-refractivity contribution is 0.102. The van der Waals surface area contributed by atoms with Crippen molar-refractivity contribution in [3.63, 3.8) is 0 Å². The molecular formula is C25H23N3O3S. The Kier molecular flexibility index (Phi) is 6.47. The Morgan fingerprint density at radius 3 is 2.53 bits per heavy atom. The van der Waals surface area contributed by atoms with E-state index >= 15 is 0 Å². The van der Waals surface area contributed by atoms with E-state index in [1.165, 1.54) is 0 Å². The molecule has 2 N–H and O–H groups in total. The van der Waals surface area contributed by atoms with E-state index in [1.54, 1.807) is 47.0 Å². The van der Waals surface area contributed by atoms with Crippen LogP contribution in [0.5, 0.6) is 5.75 Å². The molecule has 7 heteroatoms. The van der Waals surface area contributed by atoms with Gasteiger partial charge in [0.2, 0.25) is 0 Å². The number of ether oxygens (including phenoxy) is 1. The number of amides is 1. The van der Waals surface area contributed by atoms with Crippen LogP contribution < -0.4 is 15.6 Å². The van der Waals surface area contributed by atoms with Crippen molar-refractivity contribution < 1.29 is 9.53 Å². The first-order chi connectivity index (χ1) is 15.5. The summed E-state index contributed by atoms with van der Waals surface area (Å²) in [6.07, 6.45) is 0.701. The molecule has 1 heterocycles. The van der Waals surface area contributed by atoms with Gasteiger partial charge >= 0.3 is 0 Å². The normalized spacial score (nSPS) is 10.8. The highest BCUT2D eigenvalue weighted by Gasteiger charge is 2.11. The fourth-order valence-electron chi connectivity index (χ4n) is 3.49. The number of aromatic nitrogens is 2. The fraction of sp³-hybridized carbons (Fsp3) is 0.160. The minimum Gasteiger partial charge on any atom is -0.494 e. The fourth-order valence-corrected chi connectivity index (χ4v) is 3.77. The first-order valence-corrected chi connectivity index (χ1v) is 10.8. The number of carbonyl (C=O) groups excluding carboxylic acids is 1. The van der Waals surface area contributed by atoms with Gasteiger partial charge in [-0.1, -0.05) is 30.3 Å². The number of fused-ring (bicyclic) bond motifs is 1. The molecule has 1 amide bonds. The summed E-state index contributed by atoms with van der Waals surface area (Å²) in [5.41, 5.74) is 2.59. The molecule has 0 aliphatic carbocycles. The summed E-state index contributed by atoms with van der Waals surface area (Å²) in [6, 6.07) is 22.1. The first-order valence-electron chi connectivity index (χ1n) is 10.4. The van der Waals surface area contributed by atoms with Gasteiger partial charge < -0.3 is 15.0 Å². The van der Waals surface area contributed by atoms with Gasteiger partial charge in [0.25, 0.3) is 11.5 Å². The Morgan fingerprint density at radius 2 is 1.81 bits per heavy atom. The second-order valence-corrected chi connectivity index (χ2v) is 7.68. The number of rotatable bonds is 7. The van der Waals surface area contributed by atoms with Gasteiger partial charge in [0.15, 0.2) is 4.77 Å². The highest BCUT2D eigenvalue weighted by atomic mass is 32.1. The molecule has 4 aromatic rings. The lowest BCUT2D eigenvalue weighted by Gasteiger charge is -2.10. The highest BCUT2D eigenvalue weighted by Crippen LogP contribution is 2.18. The standard InChI is InChI=1S/C25H23N3O3S/c1-2-31-20-11-9-19(10-12-20)26-23(29)18-8-13-21-22(16-18)27-25(32)28(24(21)30)15-14-17-6-4-3-5-7-17/h3-13,16H,2,14-15H2,1H3,(H,26,29)(H,27,32). The van der Waals surface area contributed by atoms with Gasteiger partial charge in [-0.2, -0.15) is 0 Å². The predicted octanol–water partition coefficient (Wildman–Crippen LogP) is 4.95. The number of benzene rings is 3. The number of H-pyrrole nitrogens is 1. The maximum absolute atomic E-state index is 13.0. The number of hydrogen-bond donors (Lipinski definition) is 2. The van der Waals surface area contributed by atoms with Crippen LogP contribution in [0.4, 0.5) is 5.69 Å². The number of hydrogen-bond acceptors (Lipinski definition) is 4. The van der Waals surface area contributed by atoms with Crippen molar-refractivity contribution in [2.75, 3.05) is 11.9 Å². The molecule has 32 heavy (non-hydrogen) atoms. The summed E-state index contributed by atoms with van der Waals surface area (Å²) in [6.45, 7) is 2.98. The largest absolute Gasteiger partial charge is 0.494 e. The molecule has 0 spiro atoms. The van der Waals surface area contributed by atoms with E-state index in [0.717, 1.165) is 11.3 Å². The molecule has 4 rings (SSSR count). The Morgan fingerprint density at radius 1 is 1.06 bits per heavy atom. The lowest BCUT2D eigenvalue weighted by atomic mass is 10.1. The van der Waals surface area contributed by atoms with E-state index in [9.17, 15) is 9.59 Å². The second kappa shape index (κ2) is 9.62. The molecule has 0 aliphatic rings. The van der Waals surface area contributed by atoms with Gasteiger partial charge in [-0.3, -0.25) is 14.2 Å². The Balaban J connectivity index is 1.55. The third-order valence-corrected chi connectivity index (χ3v) is 5.46. The zero-order chi connectivity index (χ0) is 22.5. The van der Waals surface area contributed by atoms with Crippen LogP contribution >= 0.6 is 12.2 Å². The van der Waals surface area contributed by atoms with Crippen LogP contribution in [0.3, 0.4) is 0 Å². The maximum Gasteiger partial charge on any atom is 0.262 e. The van der Waals surface area contributed by atoms with Crippen LogP contribution in [-0.4, -0.2) is 22.1 Å². The van der Waals surface area contributed by atoms with Crippen molar-refractivity contribution >= 4 is 34.7 Å². The molecule has 0 aliphatic heterocycles. The molecule has 6 nitrogen and oxygen atoms in total. The van der Waals surface area contributed by atoms with Crippen molar-refractivity contribution in [3.05, 3.63) is 99.0 Å². The van der Waals surface area contributed by atoms with E-state index in [-0.39, 0.29) is 11.5 Å². The zero-order valence-corrected chi connectivity index (χ0v) is 18.4. The number of aromatic amines is 1. The van der Waals surface area contributed by atoms with Gasteiger partial charge in [-0.15, -0.1) is 0 Å². The van der Waals surface area contributed by atoms with Gasteiger partial charge in [-0.05, 0) is 73.6 Å². The Hall–Kier alpha value is -3.71. The average molecular weight is 446 g/mol. The van der Waals surface area contributed by atoms with Crippen LogP contribution in [0.25, 0.3) is 10.9 Å². The molecular weight excluding hydrogens is 422 g/mol. The summed E-state index contributed by atoms with van der Waals surface area (Å²) in [5, 5.41) is 3.34. The summed E-state index contributed by atoms with van der Waals surface area (Å²) >= 11 is 5.42. The summed E-state index contributed by atoms with van der Waals surface area (Å²) in [7, 11) is 0. The molecule has 1 aromatic heterocycles. The molecule has 0 fully saturated rings. The van der Waals surface area contributed by atoms with Crippen LogP contribution in [0.1, 0.15) is 22.8 Å². The molecule has 0 bridgehead atoms. The topological polar surface area (TPSA) is 76.1 Å². The SMILES string of the molecule is CCOc1ccc(NC(=O)c2ccc3c(=O)n(CCc4ccccc4)c(=S)[nH]c3c2)cc1. The first kappa shape index (κ1) is 21.5. The average Bonchev–Trinajstić information content (AvgIpc) is 2.80. The molecule has 3 aromatic carbocycles. The van der Waals surface area contributed by atoms with E-state index in [1.807, 2.05) is 37.3 Å². The van der Waals surface area contributed by atoms with Crippen molar-refractivity contribution in [3.8, 4) is 5.75 Å². The molecule has 0 unspecified atom stereocenters. The Bertz CT molecular complexity index is 1360. The van der Waals surface area contributed by atoms with E-state index in [2.05, 4.69) is 10.3 Å². The maximum atomic E-state index is 13.0. The second-order valence-electron chi connectivity index (χ2n) is 7.29. The smallest absolute Gasteiger partial charge is 0.262 e. The summed E-state index contributed by atoms with van der Waals surface area (Å²) in [5.74, 6) is 0.468. The lowest BCUT2D eigenvalue weighted by Crippen LogP contribution is -2.23. The van der Waals surface area contributed by atoms with Crippen LogP contribution in [0, 0.1) is 4.77 Å². The minimum atomic E-state index is -0.274. The van der Waals surface area contributed by atoms with Gasteiger partial charge in [0, 0.05) is 17.8 Å². The Labute approximate surface area is 190 Å². The third-order valence-electron chi connectivity index (χ3n) is 5.13. The van der Waals surface area contributed by atoms with Gasteiger partial charge in [0.1, 0.15) is 5.75 Å². The third kappa shape index (κ3) is 4.78. The molecule has 0 atom stereocenters. The van der Waals surface area contributed by atoms with E-state index in [0.29, 0.717) is 46.5 Å². The summed E-state index contributed by atoms with van der Waals surface area (Å²) < 4.78 is 7.31. The van der Waals surface area contributed by atoms with Gasteiger partial charge in [0.05, 0.1) is 17.5 Å². The van der Waals surface area contributed by atoms with Gasteiger partial charge in [-0.25, -0.2) is 0 Å². The minimum absolute atomic E-state index is 0.168. The van der Waals surface area contributed by atoms with Crippen LogP contribution in [0.15, 0.2) is 77.6 Å². The monoisotopic (exact) mass is 445 g/mol. The molecule has 0 saturated heterocycles. The number of anilines is 1. The molecule has 0 saturated carbocycles. The number of aryl methyl sites for hydroxylation is 1.